The Morgan fingerprint density at radius 1 is 1.07 bits per heavy atom. The van der Waals surface area contributed by atoms with Gasteiger partial charge in [0.2, 0.25) is 5.95 Å². The van der Waals surface area contributed by atoms with Crippen LogP contribution < -0.4 is 17.0 Å². The first-order chi connectivity index (χ1) is 20.5. The molecule has 6 heterocycles. The zero-order valence-electron chi connectivity index (χ0n) is 21.5. The van der Waals surface area contributed by atoms with Gasteiger partial charge in [-0.25, -0.2) is 18.7 Å². The van der Waals surface area contributed by atoms with E-state index in [1.54, 1.807) is 0 Å². The van der Waals surface area contributed by atoms with Gasteiger partial charge in [-0.05, 0) is 11.8 Å². The molecule has 0 amide bonds. The third-order valence-electron chi connectivity index (χ3n) is 6.77. The number of H-pyrrole nitrogens is 1. The molecule has 8 N–H and O–H groups in total. The van der Waals surface area contributed by atoms with Crippen molar-refractivity contribution in [2.45, 2.75) is 55.6 Å². The summed E-state index contributed by atoms with van der Waals surface area (Å²) in [6.45, 7) is -5.46. The van der Waals surface area contributed by atoms with Gasteiger partial charge in [0.15, 0.2) is 52.9 Å². The standard InChI is InChI=1S/C19H23F2N12O8PS/c20-7-6(3-34)40-18(33-15-10(29-31-33)16(36)27-19(23)26-15)12(7)41-42(37,43)38-2-1-5-11(35)8(21)17(39-5)32-14-9(28-30-32)13(22)24-4-25-14/h4-8,11-12,17-18,34-35H,1-3H2,(H,37,43)(H2,22,24,25)(H3,23,26,27,36)/t5-,6-,7-,8+,11-,12-,17-,18-,42?/m1/s1. The van der Waals surface area contributed by atoms with Crippen LogP contribution in [0.4, 0.5) is 20.5 Å². The molecular formula is C19H23F2N12O8PS. The molecule has 2 saturated heterocycles. The molecule has 24 heteroatoms. The number of alkyl halides is 2. The largest absolute Gasteiger partial charge is 0.394 e. The molecular weight excluding hydrogens is 625 g/mol. The first-order valence-corrected chi connectivity index (χ1v) is 15.0. The lowest BCUT2D eigenvalue weighted by molar-refractivity contribution is -0.0554. The van der Waals surface area contributed by atoms with Gasteiger partial charge in [0.05, 0.1) is 19.3 Å². The minimum absolute atomic E-state index is 0.0191. The summed E-state index contributed by atoms with van der Waals surface area (Å²) in [4.78, 5) is 36.8. The van der Waals surface area contributed by atoms with Gasteiger partial charge < -0.3 is 40.6 Å². The molecule has 232 valence electrons. The second-order valence-corrected chi connectivity index (χ2v) is 12.3. The average Bonchev–Trinajstić information content (AvgIpc) is 3.71. The van der Waals surface area contributed by atoms with Crippen LogP contribution in [0, 0.1) is 0 Å². The van der Waals surface area contributed by atoms with E-state index in [1.165, 1.54) is 0 Å². The number of ether oxygens (including phenoxy) is 2. The van der Waals surface area contributed by atoms with E-state index in [2.05, 4.69) is 40.6 Å². The number of rotatable bonds is 9. The smallest absolute Gasteiger partial charge is 0.325 e. The summed E-state index contributed by atoms with van der Waals surface area (Å²) in [6, 6.07) is 0. The lowest BCUT2D eigenvalue weighted by Crippen LogP contribution is -2.32. The van der Waals surface area contributed by atoms with Crippen molar-refractivity contribution in [2.24, 2.45) is 0 Å². The topological polar surface area (TPSA) is 283 Å². The van der Waals surface area contributed by atoms with Gasteiger partial charge in [-0.3, -0.25) is 14.3 Å². The van der Waals surface area contributed by atoms with Crippen LogP contribution in [0.25, 0.3) is 22.3 Å². The first-order valence-electron chi connectivity index (χ1n) is 12.4. The van der Waals surface area contributed by atoms with Crippen molar-refractivity contribution in [3.05, 3.63) is 16.7 Å². The van der Waals surface area contributed by atoms with Crippen molar-refractivity contribution in [2.75, 3.05) is 24.7 Å². The zero-order valence-corrected chi connectivity index (χ0v) is 23.2. The predicted molar refractivity (Wildman–Crippen MR) is 141 cm³/mol. The van der Waals surface area contributed by atoms with Gasteiger partial charge in [0.25, 0.3) is 5.56 Å². The Morgan fingerprint density at radius 3 is 2.51 bits per heavy atom. The summed E-state index contributed by atoms with van der Waals surface area (Å²) in [7, 11) is 0. The lowest BCUT2D eigenvalue weighted by Gasteiger charge is -2.25. The summed E-state index contributed by atoms with van der Waals surface area (Å²) in [5.41, 5.74) is 10.4. The number of aliphatic hydroxyl groups is 2. The normalized spacial score (nSPS) is 30.8. The van der Waals surface area contributed by atoms with E-state index in [-0.39, 0.29) is 40.5 Å². The Bertz CT molecular complexity index is 1760. The van der Waals surface area contributed by atoms with Crippen LogP contribution in [0.1, 0.15) is 18.9 Å². The molecule has 43 heavy (non-hydrogen) atoms. The number of nitrogens with zero attached hydrogens (tertiary/aromatic N) is 9. The molecule has 2 fully saturated rings. The third-order valence-corrected chi connectivity index (χ3v) is 8.37. The highest BCUT2D eigenvalue weighted by Gasteiger charge is 2.51. The maximum absolute atomic E-state index is 15.3. The maximum Gasteiger partial charge on any atom is 0.325 e. The fraction of sp³-hybridized carbons (Fsp3) is 0.579. The van der Waals surface area contributed by atoms with E-state index in [9.17, 15) is 19.9 Å². The third kappa shape index (κ3) is 5.32. The predicted octanol–water partition coefficient (Wildman–Crippen LogP) is -2.25. The first kappa shape index (κ1) is 29.7. The average molecular weight is 649 g/mol. The second kappa shape index (κ2) is 11.3. The molecule has 0 saturated carbocycles. The van der Waals surface area contributed by atoms with Gasteiger partial charge in [0, 0.05) is 6.42 Å². The lowest BCUT2D eigenvalue weighted by atomic mass is 10.1. The fourth-order valence-electron chi connectivity index (χ4n) is 4.74. The Balaban J connectivity index is 1.13. The molecule has 1 unspecified atom stereocenters. The minimum atomic E-state index is -4.26. The Morgan fingerprint density at radius 2 is 1.77 bits per heavy atom. The van der Waals surface area contributed by atoms with Crippen LogP contribution in [0.15, 0.2) is 11.1 Å². The number of aliphatic hydroxyl groups excluding tert-OH is 2. The molecule has 20 nitrogen and oxygen atoms in total. The molecule has 0 aromatic carbocycles. The van der Waals surface area contributed by atoms with Gasteiger partial charge in [-0.15, -0.1) is 10.2 Å². The van der Waals surface area contributed by atoms with Crippen molar-refractivity contribution >= 4 is 52.6 Å². The monoisotopic (exact) mass is 648 g/mol. The number of anilines is 2. The Kier molecular flexibility index (Phi) is 7.76. The second-order valence-electron chi connectivity index (χ2n) is 9.48. The van der Waals surface area contributed by atoms with Crippen LogP contribution in [-0.2, 0) is 30.3 Å². The van der Waals surface area contributed by atoms with E-state index < -0.39 is 74.7 Å². The number of nitrogens with one attached hydrogen (secondary N) is 1. The van der Waals surface area contributed by atoms with Crippen molar-refractivity contribution < 1.29 is 42.4 Å². The zero-order chi connectivity index (χ0) is 30.6. The van der Waals surface area contributed by atoms with Crippen molar-refractivity contribution in [3.8, 4) is 0 Å². The quantitative estimate of drug-likeness (QED) is 0.104. The summed E-state index contributed by atoms with van der Waals surface area (Å²) < 4.78 is 54.1. The van der Waals surface area contributed by atoms with Crippen LogP contribution >= 0.6 is 6.72 Å². The highest BCUT2D eigenvalue weighted by Crippen LogP contribution is 2.50. The molecule has 2 aliphatic rings. The number of aromatic nitrogens is 10. The molecule has 4 aromatic heterocycles. The summed E-state index contributed by atoms with van der Waals surface area (Å²) >= 11 is 5.05. The molecule has 2 aliphatic heterocycles. The van der Waals surface area contributed by atoms with Gasteiger partial charge in [0.1, 0.15) is 24.6 Å². The van der Waals surface area contributed by atoms with Crippen molar-refractivity contribution in [1.29, 1.82) is 0 Å². The van der Waals surface area contributed by atoms with Gasteiger partial charge >= 0.3 is 6.72 Å². The van der Waals surface area contributed by atoms with Crippen LogP contribution in [0.3, 0.4) is 0 Å². The number of fused-ring (bicyclic) bond motifs is 2. The highest BCUT2D eigenvalue weighted by atomic mass is 32.5. The molecule has 6 rings (SSSR count). The van der Waals surface area contributed by atoms with E-state index in [0.717, 1.165) is 15.7 Å². The fourth-order valence-corrected chi connectivity index (χ4v) is 6.19. The van der Waals surface area contributed by atoms with Crippen LogP contribution in [-0.4, -0.2) is 115 Å². The SMILES string of the molecule is Nc1nc2c(nnn2[C@@H]2O[C@H](CO)[C@@H](F)[C@H]2OP(O)(=S)OCC[C@H]2O[C@@H](n3nnc4c(N)ncnc43)[C@@H](F)[C@@H]2O)c(=O)[nH]1. The highest BCUT2D eigenvalue weighted by molar-refractivity contribution is 8.07. The van der Waals surface area contributed by atoms with Crippen LogP contribution in [0.2, 0.25) is 0 Å². The molecule has 4 aromatic rings. The summed E-state index contributed by atoms with van der Waals surface area (Å²) in [5.74, 6) is -0.267. The van der Waals surface area contributed by atoms with Crippen molar-refractivity contribution in [3.63, 3.8) is 0 Å². The van der Waals surface area contributed by atoms with Gasteiger partial charge in [-0.1, -0.05) is 10.4 Å². The number of hydrogen-bond donors (Lipinski definition) is 6. The summed E-state index contributed by atoms with van der Waals surface area (Å²) in [6.07, 6.45) is -11.9. The molecule has 0 radical (unpaired) electrons. The number of nitrogen functional groups attached to an aromatic ring is 2. The van der Waals surface area contributed by atoms with E-state index in [0.29, 0.717) is 0 Å². The summed E-state index contributed by atoms with van der Waals surface area (Å²) in [5, 5.41) is 35.1. The molecule has 9 atom stereocenters. The minimum Gasteiger partial charge on any atom is -0.394 e. The molecule has 0 spiro atoms. The maximum atomic E-state index is 15.3. The van der Waals surface area contributed by atoms with E-state index in [1.807, 2.05) is 0 Å². The Hall–Kier alpha value is -3.41. The van der Waals surface area contributed by atoms with Gasteiger partial charge in [-0.2, -0.15) is 14.3 Å². The molecule has 0 bridgehead atoms. The molecule has 0 aliphatic carbocycles. The number of aromatic amines is 1. The number of hydrogen-bond acceptors (Lipinski definition) is 17. The van der Waals surface area contributed by atoms with Crippen LogP contribution in [0.5, 0.6) is 0 Å². The Labute approximate surface area is 242 Å². The van der Waals surface area contributed by atoms with E-state index in [4.69, 9.17) is 41.8 Å². The van der Waals surface area contributed by atoms with E-state index >= 15 is 8.78 Å². The number of halogens is 2. The van der Waals surface area contributed by atoms with Crippen molar-refractivity contribution in [1.82, 2.24) is 49.9 Å². The number of nitrogens with two attached hydrogens (primary N) is 2.